The van der Waals surface area contributed by atoms with E-state index in [4.69, 9.17) is 21.1 Å². The Kier molecular flexibility index (Phi) is 6.95. The van der Waals surface area contributed by atoms with E-state index >= 15 is 0 Å². The number of benzene rings is 1. The molecule has 0 spiro atoms. The smallest absolute Gasteiger partial charge is 0.234 e. The van der Waals surface area contributed by atoms with Crippen LogP contribution in [0.5, 0.6) is 11.5 Å². The molecular formula is C19H20ClN5O3S. The summed E-state index contributed by atoms with van der Waals surface area (Å²) < 4.78 is 12.4. The van der Waals surface area contributed by atoms with Gasteiger partial charge in [0.25, 0.3) is 0 Å². The molecule has 0 saturated carbocycles. The molecule has 152 valence electrons. The van der Waals surface area contributed by atoms with Gasteiger partial charge in [0.05, 0.1) is 30.7 Å². The highest BCUT2D eigenvalue weighted by molar-refractivity contribution is 7.99. The largest absolute Gasteiger partial charge is 0.495 e. The van der Waals surface area contributed by atoms with Crippen LogP contribution in [0.15, 0.2) is 41.8 Å². The summed E-state index contributed by atoms with van der Waals surface area (Å²) in [4.78, 5) is 16.5. The maximum Gasteiger partial charge on any atom is 0.234 e. The van der Waals surface area contributed by atoms with Crippen LogP contribution in [0.1, 0.15) is 6.92 Å². The van der Waals surface area contributed by atoms with Crippen molar-refractivity contribution in [1.29, 1.82) is 0 Å². The number of carbonyl (C=O) groups is 1. The van der Waals surface area contributed by atoms with Crippen LogP contribution in [0.4, 0.5) is 5.69 Å². The first-order valence-electron chi connectivity index (χ1n) is 8.75. The Balaban J connectivity index is 1.70. The van der Waals surface area contributed by atoms with Gasteiger partial charge in [-0.05, 0) is 25.1 Å². The minimum absolute atomic E-state index is 0.154. The molecular weight excluding hydrogens is 414 g/mol. The highest BCUT2D eigenvalue weighted by Crippen LogP contribution is 2.36. The van der Waals surface area contributed by atoms with Crippen molar-refractivity contribution in [3.63, 3.8) is 0 Å². The first kappa shape index (κ1) is 20.9. The highest BCUT2D eigenvalue weighted by atomic mass is 35.5. The zero-order valence-electron chi connectivity index (χ0n) is 16.2. The van der Waals surface area contributed by atoms with E-state index in [0.29, 0.717) is 33.9 Å². The fourth-order valence-corrected chi connectivity index (χ4v) is 3.71. The number of thioether (sulfide) groups is 1. The van der Waals surface area contributed by atoms with E-state index in [-0.39, 0.29) is 11.7 Å². The maximum absolute atomic E-state index is 12.5. The molecule has 1 N–H and O–H groups in total. The molecule has 2 heterocycles. The molecule has 0 aliphatic heterocycles. The quantitative estimate of drug-likeness (QED) is 0.540. The number of nitrogens with one attached hydrogen (secondary N) is 1. The number of methoxy groups -OCH3 is 2. The summed E-state index contributed by atoms with van der Waals surface area (Å²) >= 11 is 7.46. The van der Waals surface area contributed by atoms with Crippen LogP contribution in [0.3, 0.4) is 0 Å². The number of amides is 1. The minimum Gasteiger partial charge on any atom is -0.495 e. The monoisotopic (exact) mass is 433 g/mol. The lowest BCUT2D eigenvalue weighted by Crippen LogP contribution is -2.15. The van der Waals surface area contributed by atoms with Gasteiger partial charge in [0.1, 0.15) is 11.5 Å². The average Bonchev–Trinajstić information content (AvgIpc) is 3.16. The van der Waals surface area contributed by atoms with E-state index in [0.717, 1.165) is 11.4 Å². The van der Waals surface area contributed by atoms with E-state index < -0.39 is 0 Å². The number of halogens is 1. The van der Waals surface area contributed by atoms with E-state index in [1.54, 1.807) is 24.5 Å². The third kappa shape index (κ3) is 4.80. The Hall–Kier alpha value is -2.78. The van der Waals surface area contributed by atoms with Gasteiger partial charge in [-0.15, -0.1) is 10.2 Å². The molecule has 3 rings (SSSR count). The molecule has 2 aromatic heterocycles. The lowest BCUT2D eigenvalue weighted by Gasteiger charge is -2.13. The molecule has 0 unspecified atom stereocenters. The third-order valence-electron chi connectivity index (χ3n) is 4.05. The normalized spacial score (nSPS) is 10.6. The molecule has 0 bridgehead atoms. The van der Waals surface area contributed by atoms with Crippen molar-refractivity contribution in [1.82, 2.24) is 19.7 Å². The molecule has 1 aromatic carbocycles. The highest BCUT2D eigenvalue weighted by Gasteiger charge is 2.16. The van der Waals surface area contributed by atoms with Crippen molar-refractivity contribution >= 4 is 35.0 Å². The van der Waals surface area contributed by atoms with Gasteiger partial charge in [-0.25, -0.2) is 0 Å². The fourth-order valence-electron chi connectivity index (χ4n) is 2.67. The minimum atomic E-state index is -0.217. The van der Waals surface area contributed by atoms with E-state index in [1.165, 1.54) is 26.0 Å². The number of hydrogen-bond acceptors (Lipinski definition) is 7. The molecule has 0 aliphatic carbocycles. The second-order valence-electron chi connectivity index (χ2n) is 5.81. The summed E-state index contributed by atoms with van der Waals surface area (Å²) in [6.07, 6.45) is 3.41. The Morgan fingerprint density at radius 3 is 2.55 bits per heavy atom. The number of pyridine rings is 1. The van der Waals surface area contributed by atoms with Crippen LogP contribution in [-0.2, 0) is 11.3 Å². The Labute approximate surface area is 177 Å². The van der Waals surface area contributed by atoms with Gasteiger partial charge in [0.15, 0.2) is 11.0 Å². The molecule has 3 aromatic rings. The zero-order chi connectivity index (χ0) is 20.8. The van der Waals surface area contributed by atoms with Crippen LogP contribution in [0.2, 0.25) is 5.02 Å². The van der Waals surface area contributed by atoms with Crippen molar-refractivity contribution in [3.8, 4) is 22.9 Å². The summed E-state index contributed by atoms with van der Waals surface area (Å²) in [6, 6.07) is 6.96. The molecule has 0 saturated heterocycles. The summed E-state index contributed by atoms with van der Waals surface area (Å²) in [5.41, 5.74) is 1.39. The summed E-state index contributed by atoms with van der Waals surface area (Å²) in [5.74, 6) is 1.60. The number of hydrogen-bond donors (Lipinski definition) is 1. The van der Waals surface area contributed by atoms with Gasteiger partial charge in [-0.2, -0.15) is 0 Å². The second-order valence-corrected chi connectivity index (χ2v) is 7.16. The first-order chi connectivity index (χ1) is 14.1. The molecule has 29 heavy (non-hydrogen) atoms. The van der Waals surface area contributed by atoms with Gasteiger partial charge in [-0.1, -0.05) is 23.4 Å². The zero-order valence-corrected chi connectivity index (χ0v) is 17.8. The number of carbonyl (C=O) groups excluding carboxylic acids is 1. The maximum atomic E-state index is 12.5. The molecule has 8 nitrogen and oxygen atoms in total. The van der Waals surface area contributed by atoms with Crippen LogP contribution < -0.4 is 14.8 Å². The molecule has 0 radical (unpaired) electrons. The Morgan fingerprint density at radius 2 is 1.90 bits per heavy atom. The van der Waals surface area contributed by atoms with Gasteiger partial charge < -0.3 is 19.4 Å². The van der Waals surface area contributed by atoms with Crippen LogP contribution in [0, 0.1) is 0 Å². The first-order valence-corrected chi connectivity index (χ1v) is 10.1. The molecule has 10 heteroatoms. The van der Waals surface area contributed by atoms with Crippen molar-refractivity contribution in [2.75, 3.05) is 25.3 Å². The van der Waals surface area contributed by atoms with Crippen LogP contribution in [0.25, 0.3) is 11.4 Å². The van der Waals surface area contributed by atoms with Crippen molar-refractivity contribution in [2.45, 2.75) is 18.6 Å². The third-order valence-corrected chi connectivity index (χ3v) is 5.31. The van der Waals surface area contributed by atoms with Gasteiger partial charge >= 0.3 is 0 Å². The van der Waals surface area contributed by atoms with Gasteiger partial charge in [0.2, 0.25) is 5.91 Å². The molecule has 0 fully saturated rings. The predicted octanol–water partition coefficient (Wildman–Crippen LogP) is 3.76. The van der Waals surface area contributed by atoms with Crippen molar-refractivity contribution in [2.24, 2.45) is 0 Å². The van der Waals surface area contributed by atoms with Gasteiger partial charge in [0, 0.05) is 30.6 Å². The Morgan fingerprint density at radius 1 is 1.17 bits per heavy atom. The lowest BCUT2D eigenvalue weighted by atomic mass is 10.2. The van der Waals surface area contributed by atoms with E-state index in [9.17, 15) is 4.79 Å². The number of anilines is 1. The van der Waals surface area contributed by atoms with Crippen LogP contribution >= 0.6 is 23.4 Å². The van der Waals surface area contributed by atoms with Crippen LogP contribution in [-0.4, -0.2) is 45.6 Å². The number of ether oxygens (including phenoxy) is 2. The average molecular weight is 434 g/mol. The van der Waals surface area contributed by atoms with E-state index in [2.05, 4.69) is 20.5 Å². The topological polar surface area (TPSA) is 91.2 Å². The number of nitrogens with zero attached hydrogens (tertiary/aromatic N) is 4. The summed E-state index contributed by atoms with van der Waals surface area (Å²) in [7, 11) is 3.02. The predicted molar refractivity (Wildman–Crippen MR) is 113 cm³/mol. The van der Waals surface area contributed by atoms with E-state index in [1.807, 2.05) is 23.6 Å². The SMILES string of the molecule is CCn1c(SCC(=O)Nc2cc(Cl)c(OC)cc2OC)nnc1-c1ccncc1. The number of aromatic nitrogens is 4. The second kappa shape index (κ2) is 9.62. The van der Waals surface area contributed by atoms with Crippen molar-refractivity contribution in [3.05, 3.63) is 41.7 Å². The van der Waals surface area contributed by atoms with Gasteiger partial charge in [-0.3, -0.25) is 9.78 Å². The Bertz CT molecular complexity index is 997. The lowest BCUT2D eigenvalue weighted by molar-refractivity contribution is -0.113. The summed E-state index contributed by atoms with van der Waals surface area (Å²) in [6.45, 7) is 2.68. The summed E-state index contributed by atoms with van der Waals surface area (Å²) in [5, 5.41) is 12.3. The van der Waals surface area contributed by atoms with Crippen molar-refractivity contribution < 1.29 is 14.3 Å². The molecule has 0 aliphatic rings. The number of rotatable bonds is 8. The standard InChI is InChI=1S/C19H20ClN5O3S/c1-4-25-18(12-5-7-21-8-6-12)23-24-19(25)29-11-17(26)22-14-9-13(20)15(27-2)10-16(14)28-3/h5-10H,4,11H2,1-3H3,(H,22,26). The molecule has 0 atom stereocenters. The molecule has 1 amide bonds. The fraction of sp³-hybridized carbons (Fsp3) is 0.263.